The molecule has 0 aliphatic carbocycles. The SMILES string of the molecule is O=[N+]([O-])/C=C1/SNC(Nc2ccccc2)S1. The molecule has 16 heavy (non-hydrogen) atoms. The molecule has 7 heteroatoms. The molecule has 0 aromatic heterocycles. The van der Waals surface area contributed by atoms with E-state index in [4.69, 9.17) is 0 Å². The van der Waals surface area contributed by atoms with Crippen molar-refractivity contribution in [2.24, 2.45) is 0 Å². The lowest BCUT2D eigenvalue weighted by Gasteiger charge is -2.11. The third-order valence-corrected chi connectivity index (χ3v) is 3.94. The van der Waals surface area contributed by atoms with Gasteiger partial charge in [0, 0.05) is 5.69 Å². The minimum Gasteiger partial charge on any atom is -0.360 e. The Bertz CT molecular complexity index is 410. The van der Waals surface area contributed by atoms with Crippen molar-refractivity contribution in [1.29, 1.82) is 0 Å². The molecule has 0 bridgehead atoms. The first-order valence-electron chi connectivity index (χ1n) is 4.50. The second-order valence-electron chi connectivity index (χ2n) is 2.96. The average Bonchev–Trinajstić information content (AvgIpc) is 2.66. The van der Waals surface area contributed by atoms with Crippen LogP contribution in [0.15, 0.2) is 40.8 Å². The fraction of sp³-hybridized carbons (Fsp3) is 0.111. The maximum Gasteiger partial charge on any atom is 0.255 e. The summed E-state index contributed by atoms with van der Waals surface area (Å²) in [4.78, 5) is 9.83. The van der Waals surface area contributed by atoms with Crippen LogP contribution in [0.4, 0.5) is 5.69 Å². The molecule has 0 spiro atoms. The van der Waals surface area contributed by atoms with E-state index < -0.39 is 4.92 Å². The summed E-state index contributed by atoms with van der Waals surface area (Å²) in [6.07, 6.45) is 1.01. The Kier molecular flexibility index (Phi) is 3.70. The highest BCUT2D eigenvalue weighted by molar-refractivity contribution is 8.24. The Hall–Kier alpha value is -1.18. The first-order valence-corrected chi connectivity index (χ1v) is 6.19. The van der Waals surface area contributed by atoms with Crippen molar-refractivity contribution in [2.45, 2.75) is 5.50 Å². The Morgan fingerprint density at radius 3 is 2.88 bits per heavy atom. The minimum absolute atomic E-state index is 0.0430. The molecule has 84 valence electrons. The number of nitrogens with one attached hydrogen (secondary N) is 2. The summed E-state index contributed by atoms with van der Waals surface area (Å²) in [5, 5.41) is 13.5. The quantitative estimate of drug-likeness (QED) is 0.491. The number of hydrogen-bond acceptors (Lipinski definition) is 6. The lowest BCUT2D eigenvalue weighted by Crippen LogP contribution is -2.23. The molecular weight excluding hydrogens is 246 g/mol. The second kappa shape index (κ2) is 5.24. The molecule has 1 unspecified atom stereocenters. The first kappa shape index (κ1) is 11.3. The van der Waals surface area contributed by atoms with Crippen LogP contribution in [-0.4, -0.2) is 10.4 Å². The van der Waals surface area contributed by atoms with Crippen molar-refractivity contribution in [2.75, 3.05) is 5.32 Å². The smallest absolute Gasteiger partial charge is 0.255 e. The van der Waals surface area contributed by atoms with Gasteiger partial charge in [-0.2, -0.15) is 0 Å². The summed E-state index contributed by atoms with van der Waals surface area (Å²) in [6, 6.07) is 9.70. The lowest BCUT2D eigenvalue weighted by atomic mass is 10.3. The van der Waals surface area contributed by atoms with E-state index in [2.05, 4.69) is 10.0 Å². The van der Waals surface area contributed by atoms with E-state index in [1.54, 1.807) is 0 Å². The molecule has 2 rings (SSSR count). The Balaban J connectivity index is 1.93. The van der Waals surface area contributed by atoms with Crippen LogP contribution >= 0.6 is 23.7 Å². The molecule has 0 amide bonds. The minimum atomic E-state index is -0.443. The van der Waals surface area contributed by atoms with Gasteiger partial charge in [-0.05, 0) is 24.1 Å². The zero-order valence-electron chi connectivity index (χ0n) is 8.12. The highest BCUT2D eigenvalue weighted by Crippen LogP contribution is 2.37. The Morgan fingerprint density at radius 1 is 1.44 bits per heavy atom. The fourth-order valence-corrected chi connectivity index (χ4v) is 3.12. The summed E-state index contributed by atoms with van der Waals surface area (Å²) in [5.41, 5.74) is 0.939. The van der Waals surface area contributed by atoms with Crippen molar-refractivity contribution in [3.05, 3.63) is 50.9 Å². The highest BCUT2D eigenvalue weighted by Gasteiger charge is 2.22. The summed E-state index contributed by atoms with van der Waals surface area (Å²) < 4.78 is 3.71. The van der Waals surface area contributed by atoms with Gasteiger partial charge in [0.2, 0.25) is 0 Å². The molecule has 1 aliphatic rings. The molecule has 1 fully saturated rings. The van der Waals surface area contributed by atoms with E-state index in [9.17, 15) is 10.1 Å². The predicted octanol–water partition coefficient (Wildman–Crippen LogP) is 2.44. The van der Waals surface area contributed by atoms with E-state index in [0.717, 1.165) is 11.9 Å². The van der Waals surface area contributed by atoms with Crippen LogP contribution in [0.25, 0.3) is 0 Å². The van der Waals surface area contributed by atoms with Gasteiger partial charge < -0.3 is 5.32 Å². The van der Waals surface area contributed by atoms with E-state index in [1.807, 2.05) is 30.3 Å². The van der Waals surface area contributed by atoms with Gasteiger partial charge >= 0.3 is 0 Å². The van der Waals surface area contributed by atoms with Gasteiger partial charge in [-0.25, -0.2) is 4.72 Å². The van der Waals surface area contributed by atoms with E-state index in [0.29, 0.717) is 4.24 Å². The maximum absolute atomic E-state index is 10.3. The van der Waals surface area contributed by atoms with Gasteiger partial charge in [-0.1, -0.05) is 30.0 Å². The molecule has 1 aromatic carbocycles. The fourth-order valence-electron chi connectivity index (χ4n) is 1.16. The van der Waals surface area contributed by atoms with Gasteiger partial charge in [-0.3, -0.25) is 10.1 Å². The number of nitrogens with zero attached hydrogens (tertiary/aromatic N) is 1. The summed E-state index contributed by atoms with van der Waals surface area (Å²) in [5.74, 6) is 0. The number of benzene rings is 1. The van der Waals surface area contributed by atoms with Gasteiger partial charge in [0.05, 0.1) is 4.92 Å². The maximum atomic E-state index is 10.3. The first-order chi connectivity index (χ1) is 7.74. The standard InChI is InChI=1S/C9H9N3O2S2/c13-12(14)6-8-15-9(11-16-8)10-7-4-2-1-3-5-7/h1-6,9-11H/b8-6+. The lowest BCUT2D eigenvalue weighted by molar-refractivity contribution is -0.402. The van der Waals surface area contributed by atoms with Gasteiger partial charge in [0.25, 0.3) is 6.20 Å². The molecule has 1 heterocycles. The number of anilines is 1. The van der Waals surface area contributed by atoms with Crippen LogP contribution in [0.5, 0.6) is 0 Å². The van der Waals surface area contributed by atoms with Crippen molar-refractivity contribution in [3.8, 4) is 0 Å². The predicted molar refractivity (Wildman–Crippen MR) is 67.2 cm³/mol. The normalized spacial score (nSPS) is 22.2. The zero-order chi connectivity index (χ0) is 11.4. The Morgan fingerprint density at radius 2 is 2.19 bits per heavy atom. The molecular formula is C9H9N3O2S2. The summed E-state index contributed by atoms with van der Waals surface area (Å²) in [7, 11) is 0. The molecule has 0 radical (unpaired) electrons. The Labute approximate surface area is 101 Å². The number of rotatable bonds is 3. The van der Waals surface area contributed by atoms with E-state index >= 15 is 0 Å². The molecule has 1 atom stereocenters. The second-order valence-corrected chi connectivity index (χ2v) is 5.25. The number of nitro groups is 1. The van der Waals surface area contributed by atoms with Crippen molar-refractivity contribution >= 4 is 29.4 Å². The summed E-state index contributed by atoms with van der Waals surface area (Å²) in [6.45, 7) is 0. The third kappa shape index (κ3) is 3.16. The molecule has 0 saturated carbocycles. The van der Waals surface area contributed by atoms with Crippen molar-refractivity contribution in [1.82, 2.24) is 4.72 Å². The van der Waals surface area contributed by atoms with Crippen LogP contribution in [0.3, 0.4) is 0 Å². The van der Waals surface area contributed by atoms with Crippen LogP contribution in [-0.2, 0) is 0 Å². The number of para-hydroxylation sites is 1. The van der Waals surface area contributed by atoms with Crippen LogP contribution in [0, 0.1) is 10.1 Å². The molecule has 2 N–H and O–H groups in total. The monoisotopic (exact) mass is 255 g/mol. The highest BCUT2D eigenvalue weighted by atomic mass is 32.2. The zero-order valence-corrected chi connectivity index (χ0v) is 9.75. The van der Waals surface area contributed by atoms with Crippen LogP contribution in [0.2, 0.25) is 0 Å². The van der Waals surface area contributed by atoms with Crippen LogP contribution < -0.4 is 10.0 Å². The molecule has 1 aliphatic heterocycles. The number of hydrogen-bond donors (Lipinski definition) is 2. The summed E-state index contributed by atoms with van der Waals surface area (Å²) >= 11 is 2.66. The van der Waals surface area contributed by atoms with Gasteiger partial charge in [0.15, 0.2) is 0 Å². The van der Waals surface area contributed by atoms with Gasteiger partial charge in [-0.15, -0.1) is 0 Å². The topological polar surface area (TPSA) is 67.2 Å². The average molecular weight is 255 g/mol. The molecule has 1 aromatic rings. The third-order valence-electron chi connectivity index (χ3n) is 1.78. The molecule has 1 saturated heterocycles. The van der Waals surface area contributed by atoms with Crippen molar-refractivity contribution in [3.63, 3.8) is 0 Å². The number of thioether (sulfide) groups is 1. The van der Waals surface area contributed by atoms with Crippen molar-refractivity contribution < 1.29 is 4.92 Å². The van der Waals surface area contributed by atoms with E-state index in [-0.39, 0.29) is 5.50 Å². The van der Waals surface area contributed by atoms with Crippen LogP contribution in [0.1, 0.15) is 0 Å². The largest absolute Gasteiger partial charge is 0.360 e. The molecule has 5 nitrogen and oxygen atoms in total. The van der Waals surface area contributed by atoms with Gasteiger partial charge in [0.1, 0.15) is 9.73 Å². The van der Waals surface area contributed by atoms with E-state index in [1.165, 1.54) is 23.7 Å².